The van der Waals surface area contributed by atoms with E-state index in [-0.39, 0.29) is 0 Å². The molecule has 2 saturated carbocycles. The third-order valence-corrected chi connectivity index (χ3v) is 4.88. The maximum Gasteiger partial charge on any atom is 0.227 e. The third kappa shape index (κ3) is 3.64. The molecule has 0 aliphatic heterocycles. The Labute approximate surface area is 138 Å². The molecule has 2 heteroatoms. The highest BCUT2D eigenvalue weighted by atomic mass is 16.2. The fraction of sp³-hybridized carbons (Fsp3) is 0.381. The lowest BCUT2D eigenvalue weighted by atomic mass is 10.0. The Balaban J connectivity index is 1.42. The number of nitrogens with zero attached hydrogens (tertiary/aromatic N) is 1. The monoisotopic (exact) mass is 305 g/mol. The molecular formula is C21H23NO. The van der Waals surface area contributed by atoms with Crippen molar-refractivity contribution in [3.63, 3.8) is 0 Å². The Morgan fingerprint density at radius 1 is 0.870 bits per heavy atom. The van der Waals surface area contributed by atoms with E-state index in [4.69, 9.17) is 0 Å². The summed E-state index contributed by atoms with van der Waals surface area (Å²) in [5, 5.41) is 0. The second-order valence-corrected chi connectivity index (χ2v) is 6.96. The van der Waals surface area contributed by atoms with Crippen LogP contribution in [0.1, 0.15) is 31.2 Å². The summed E-state index contributed by atoms with van der Waals surface area (Å²) in [5.74, 6) is 1.09. The molecule has 0 bridgehead atoms. The van der Waals surface area contributed by atoms with Crippen LogP contribution in [0.5, 0.6) is 0 Å². The van der Waals surface area contributed by atoms with Crippen molar-refractivity contribution < 1.29 is 4.79 Å². The molecule has 2 aliphatic carbocycles. The predicted molar refractivity (Wildman–Crippen MR) is 93.0 cm³/mol. The number of hydrogen-bond acceptors (Lipinski definition) is 1. The summed E-state index contributed by atoms with van der Waals surface area (Å²) >= 11 is 0. The van der Waals surface area contributed by atoms with Gasteiger partial charge in [0.2, 0.25) is 5.91 Å². The van der Waals surface area contributed by atoms with Crippen LogP contribution in [0.15, 0.2) is 54.6 Å². The number of carbonyl (C=O) groups is 1. The van der Waals surface area contributed by atoms with Gasteiger partial charge >= 0.3 is 0 Å². The predicted octanol–water partition coefficient (Wildman–Crippen LogP) is 4.30. The molecule has 2 nitrogen and oxygen atoms in total. The van der Waals surface area contributed by atoms with Gasteiger partial charge < -0.3 is 4.90 Å². The zero-order valence-electron chi connectivity index (χ0n) is 13.4. The van der Waals surface area contributed by atoms with Crippen LogP contribution < -0.4 is 0 Å². The van der Waals surface area contributed by atoms with Gasteiger partial charge in [0.1, 0.15) is 0 Å². The zero-order chi connectivity index (χ0) is 15.6. The summed E-state index contributed by atoms with van der Waals surface area (Å²) in [5.41, 5.74) is 3.55. The van der Waals surface area contributed by atoms with Gasteiger partial charge in [0.25, 0.3) is 0 Å². The van der Waals surface area contributed by atoms with E-state index in [0.717, 1.165) is 18.0 Å². The standard InChI is InChI=1S/C21H23NO/c23-21(22(20-12-13-20)15-17-6-7-17)14-16-8-10-19(11-9-16)18-4-2-1-3-5-18/h1-5,8-11,17,20H,6-7,12-15H2. The first-order valence-electron chi connectivity index (χ1n) is 8.73. The Morgan fingerprint density at radius 3 is 2.13 bits per heavy atom. The number of carbonyl (C=O) groups excluding carboxylic acids is 1. The highest BCUT2D eigenvalue weighted by Gasteiger charge is 2.36. The molecule has 4 rings (SSSR count). The van der Waals surface area contributed by atoms with Gasteiger partial charge in [0.15, 0.2) is 0 Å². The molecule has 1 amide bonds. The van der Waals surface area contributed by atoms with Crippen LogP contribution in [-0.4, -0.2) is 23.4 Å². The second kappa shape index (κ2) is 6.19. The van der Waals surface area contributed by atoms with E-state index >= 15 is 0 Å². The van der Waals surface area contributed by atoms with Crippen molar-refractivity contribution in [1.82, 2.24) is 4.90 Å². The lowest BCUT2D eigenvalue weighted by Gasteiger charge is -2.22. The van der Waals surface area contributed by atoms with Crippen molar-refractivity contribution in [1.29, 1.82) is 0 Å². The molecule has 23 heavy (non-hydrogen) atoms. The minimum Gasteiger partial charge on any atom is -0.339 e. The number of amides is 1. The Bertz CT molecular complexity index is 669. The van der Waals surface area contributed by atoms with Crippen molar-refractivity contribution in [3.8, 4) is 11.1 Å². The molecule has 0 radical (unpaired) electrons. The van der Waals surface area contributed by atoms with Gasteiger partial charge in [-0.2, -0.15) is 0 Å². The quantitative estimate of drug-likeness (QED) is 0.779. The van der Waals surface area contributed by atoms with Crippen molar-refractivity contribution >= 4 is 5.91 Å². The van der Waals surface area contributed by atoms with E-state index in [1.165, 1.54) is 36.8 Å². The van der Waals surface area contributed by atoms with Crippen LogP contribution in [0, 0.1) is 5.92 Å². The molecule has 2 aromatic carbocycles. The van der Waals surface area contributed by atoms with E-state index in [1.807, 2.05) is 6.07 Å². The number of hydrogen-bond donors (Lipinski definition) is 0. The highest BCUT2D eigenvalue weighted by Crippen LogP contribution is 2.35. The van der Waals surface area contributed by atoms with Crippen LogP contribution in [0.4, 0.5) is 0 Å². The van der Waals surface area contributed by atoms with E-state index in [1.54, 1.807) is 0 Å². The molecule has 2 aromatic rings. The molecular weight excluding hydrogens is 282 g/mol. The van der Waals surface area contributed by atoms with Gasteiger partial charge in [-0.25, -0.2) is 0 Å². The number of benzene rings is 2. The van der Waals surface area contributed by atoms with Gasteiger partial charge in [-0.1, -0.05) is 54.6 Å². The minimum absolute atomic E-state index is 0.312. The van der Waals surface area contributed by atoms with E-state index < -0.39 is 0 Å². The fourth-order valence-corrected chi connectivity index (χ4v) is 3.14. The van der Waals surface area contributed by atoms with Crippen molar-refractivity contribution in [2.24, 2.45) is 5.92 Å². The summed E-state index contributed by atoms with van der Waals surface area (Å²) in [6, 6.07) is 19.4. The molecule has 0 spiro atoms. The van der Waals surface area contributed by atoms with E-state index in [0.29, 0.717) is 18.4 Å². The zero-order valence-corrected chi connectivity index (χ0v) is 13.4. The smallest absolute Gasteiger partial charge is 0.227 e. The average molecular weight is 305 g/mol. The summed E-state index contributed by atoms with van der Waals surface area (Å²) < 4.78 is 0. The summed E-state index contributed by atoms with van der Waals surface area (Å²) in [4.78, 5) is 14.8. The number of rotatable bonds is 6. The van der Waals surface area contributed by atoms with Crippen LogP contribution >= 0.6 is 0 Å². The minimum atomic E-state index is 0.312. The molecule has 2 fully saturated rings. The van der Waals surface area contributed by atoms with Crippen LogP contribution in [0.25, 0.3) is 11.1 Å². The van der Waals surface area contributed by atoms with Gasteiger partial charge in [0, 0.05) is 12.6 Å². The maximum absolute atomic E-state index is 12.6. The van der Waals surface area contributed by atoms with E-state index in [2.05, 4.69) is 53.4 Å². The molecule has 118 valence electrons. The third-order valence-electron chi connectivity index (χ3n) is 4.88. The van der Waals surface area contributed by atoms with Gasteiger partial charge in [-0.3, -0.25) is 4.79 Å². The lowest BCUT2D eigenvalue weighted by molar-refractivity contribution is -0.131. The molecule has 0 N–H and O–H groups in total. The SMILES string of the molecule is O=C(Cc1ccc(-c2ccccc2)cc1)N(CC1CC1)C1CC1. The largest absolute Gasteiger partial charge is 0.339 e. The summed E-state index contributed by atoms with van der Waals surface area (Å²) in [6.45, 7) is 0.992. The summed E-state index contributed by atoms with van der Waals surface area (Å²) in [6.07, 6.45) is 5.56. The topological polar surface area (TPSA) is 20.3 Å². The van der Waals surface area contributed by atoms with Gasteiger partial charge in [-0.05, 0) is 48.3 Å². The Kier molecular flexibility index (Phi) is 3.90. The van der Waals surface area contributed by atoms with Crippen LogP contribution in [0.3, 0.4) is 0 Å². The first kappa shape index (κ1) is 14.5. The van der Waals surface area contributed by atoms with Crippen molar-refractivity contribution in [3.05, 3.63) is 60.2 Å². The Hall–Kier alpha value is -2.09. The molecule has 0 heterocycles. The average Bonchev–Trinajstić information content (AvgIpc) is 3.48. The molecule has 0 saturated heterocycles. The normalized spacial score (nSPS) is 17.0. The van der Waals surface area contributed by atoms with Crippen molar-refractivity contribution in [2.45, 2.75) is 38.1 Å². The van der Waals surface area contributed by atoms with Gasteiger partial charge in [0.05, 0.1) is 6.42 Å². The van der Waals surface area contributed by atoms with Crippen molar-refractivity contribution in [2.75, 3.05) is 6.54 Å². The van der Waals surface area contributed by atoms with E-state index in [9.17, 15) is 4.79 Å². The van der Waals surface area contributed by atoms with Crippen LogP contribution in [0.2, 0.25) is 0 Å². The second-order valence-electron chi connectivity index (χ2n) is 6.96. The van der Waals surface area contributed by atoms with Crippen LogP contribution in [-0.2, 0) is 11.2 Å². The maximum atomic E-state index is 12.6. The first-order chi connectivity index (χ1) is 11.3. The first-order valence-corrected chi connectivity index (χ1v) is 8.73. The highest BCUT2D eigenvalue weighted by molar-refractivity contribution is 5.79. The molecule has 0 aromatic heterocycles. The molecule has 0 unspecified atom stereocenters. The molecule has 2 aliphatic rings. The lowest BCUT2D eigenvalue weighted by Crippen LogP contribution is -2.36. The summed E-state index contributed by atoms with van der Waals surface area (Å²) in [7, 11) is 0. The molecule has 0 atom stereocenters. The Morgan fingerprint density at radius 2 is 1.52 bits per heavy atom. The fourth-order valence-electron chi connectivity index (χ4n) is 3.14. The van der Waals surface area contributed by atoms with Gasteiger partial charge in [-0.15, -0.1) is 0 Å².